The molecule has 6 heteroatoms. The quantitative estimate of drug-likeness (QED) is 0.684. The molecule has 2 amide bonds. The first-order valence-corrected chi connectivity index (χ1v) is 10.3. The average Bonchev–Trinajstić information content (AvgIpc) is 2.74. The van der Waals surface area contributed by atoms with E-state index in [9.17, 15) is 9.59 Å². The number of carbonyl (C=O) groups excluding carboxylic acids is 2. The number of carbonyl (C=O) groups is 2. The molecular weight excluding hydrogens is 364 g/mol. The first-order chi connectivity index (χ1) is 13.9. The van der Waals surface area contributed by atoms with Gasteiger partial charge < -0.3 is 15.1 Å². The highest BCUT2D eigenvalue weighted by molar-refractivity contribution is 6.06. The molecule has 156 valence electrons. The Balaban J connectivity index is 2.14. The lowest BCUT2D eigenvalue weighted by molar-refractivity contribution is 0.0793. The number of amides is 2. The number of nitrogens with zero attached hydrogens (tertiary/aromatic N) is 3. The first-order valence-electron chi connectivity index (χ1n) is 10.3. The molecular formula is C23H32N4O2. The normalized spacial score (nSPS) is 10.5. The fourth-order valence-corrected chi connectivity index (χ4v) is 3.17. The third-order valence-corrected chi connectivity index (χ3v) is 5.03. The largest absolute Gasteiger partial charge is 0.372 e. The second kappa shape index (κ2) is 10.6. The summed E-state index contributed by atoms with van der Waals surface area (Å²) in [6.07, 6.45) is 4.95. The van der Waals surface area contributed by atoms with E-state index < -0.39 is 0 Å². The van der Waals surface area contributed by atoms with Gasteiger partial charge in [0.05, 0.1) is 11.1 Å². The Morgan fingerprint density at radius 1 is 1.03 bits per heavy atom. The summed E-state index contributed by atoms with van der Waals surface area (Å²) in [7, 11) is 1.77. The third kappa shape index (κ3) is 5.79. The van der Waals surface area contributed by atoms with Crippen LogP contribution in [-0.2, 0) is 0 Å². The van der Waals surface area contributed by atoms with Crippen molar-refractivity contribution in [1.82, 2.24) is 9.88 Å². The summed E-state index contributed by atoms with van der Waals surface area (Å²) in [4.78, 5) is 33.3. The van der Waals surface area contributed by atoms with Gasteiger partial charge in [-0.2, -0.15) is 0 Å². The Kier molecular flexibility index (Phi) is 8.19. The highest BCUT2D eigenvalue weighted by atomic mass is 16.2. The van der Waals surface area contributed by atoms with Crippen LogP contribution in [0.3, 0.4) is 0 Å². The Morgan fingerprint density at radius 3 is 2.34 bits per heavy atom. The molecule has 6 nitrogen and oxygen atoms in total. The molecule has 0 aliphatic rings. The molecule has 1 heterocycles. The minimum absolute atomic E-state index is 0.125. The van der Waals surface area contributed by atoms with Gasteiger partial charge in [0.25, 0.3) is 11.8 Å². The van der Waals surface area contributed by atoms with Crippen LogP contribution >= 0.6 is 0 Å². The van der Waals surface area contributed by atoms with Crippen molar-refractivity contribution in [3.05, 3.63) is 53.3 Å². The van der Waals surface area contributed by atoms with E-state index in [1.165, 1.54) is 12.4 Å². The van der Waals surface area contributed by atoms with E-state index in [0.717, 1.165) is 42.9 Å². The van der Waals surface area contributed by atoms with Gasteiger partial charge in [-0.05, 0) is 57.0 Å². The fraction of sp³-hybridized carbons (Fsp3) is 0.435. The first kappa shape index (κ1) is 22.4. The number of nitrogens with one attached hydrogen (secondary N) is 1. The van der Waals surface area contributed by atoms with Crippen LogP contribution in [0.1, 0.15) is 59.9 Å². The van der Waals surface area contributed by atoms with Gasteiger partial charge in [0.1, 0.15) is 0 Å². The smallest absolute Gasteiger partial charge is 0.257 e. The lowest BCUT2D eigenvalue weighted by Crippen LogP contribution is -2.28. The van der Waals surface area contributed by atoms with Gasteiger partial charge in [-0.3, -0.25) is 14.6 Å². The zero-order chi connectivity index (χ0) is 21.4. The summed E-state index contributed by atoms with van der Waals surface area (Å²) in [6.45, 7) is 10.8. The zero-order valence-corrected chi connectivity index (χ0v) is 18.2. The average molecular weight is 397 g/mol. The number of aromatic nitrogens is 1. The maximum atomic E-state index is 12.7. The molecule has 0 unspecified atom stereocenters. The lowest BCUT2D eigenvalue weighted by atomic mass is 10.1. The monoisotopic (exact) mass is 396 g/mol. The van der Waals surface area contributed by atoms with Crippen molar-refractivity contribution in [3.8, 4) is 0 Å². The van der Waals surface area contributed by atoms with E-state index in [1.54, 1.807) is 18.0 Å². The molecule has 1 aromatic carbocycles. The Labute approximate surface area is 173 Å². The number of unbranched alkanes of at least 4 members (excludes halogenated alkanes) is 1. The molecule has 0 saturated heterocycles. The van der Waals surface area contributed by atoms with Crippen LogP contribution < -0.4 is 10.2 Å². The molecule has 1 N–H and O–H groups in total. The van der Waals surface area contributed by atoms with Crippen molar-refractivity contribution in [3.63, 3.8) is 0 Å². The van der Waals surface area contributed by atoms with Crippen LogP contribution in [0.2, 0.25) is 0 Å². The minimum atomic E-state index is -0.276. The molecule has 0 fully saturated rings. The highest BCUT2D eigenvalue weighted by Crippen LogP contribution is 2.23. The van der Waals surface area contributed by atoms with Gasteiger partial charge in [0.2, 0.25) is 0 Å². The summed E-state index contributed by atoms with van der Waals surface area (Å²) in [6, 6.07) is 7.61. The molecule has 0 aliphatic heterocycles. The number of hydrogen-bond acceptors (Lipinski definition) is 4. The molecule has 2 aromatic rings. The van der Waals surface area contributed by atoms with Gasteiger partial charge in [-0.25, -0.2) is 0 Å². The number of anilines is 2. The van der Waals surface area contributed by atoms with E-state index in [4.69, 9.17) is 0 Å². The van der Waals surface area contributed by atoms with Crippen LogP contribution in [0.15, 0.2) is 36.7 Å². The van der Waals surface area contributed by atoms with E-state index in [-0.39, 0.29) is 11.8 Å². The summed E-state index contributed by atoms with van der Waals surface area (Å²) < 4.78 is 0. The van der Waals surface area contributed by atoms with E-state index in [1.807, 2.05) is 19.1 Å². The highest BCUT2D eigenvalue weighted by Gasteiger charge is 2.15. The molecule has 0 saturated carbocycles. The minimum Gasteiger partial charge on any atom is -0.372 e. The molecule has 0 bridgehead atoms. The van der Waals surface area contributed by atoms with Crippen molar-refractivity contribution in [2.75, 3.05) is 36.9 Å². The Bertz CT molecular complexity index is 847. The van der Waals surface area contributed by atoms with Gasteiger partial charge in [0, 0.05) is 50.5 Å². The van der Waals surface area contributed by atoms with Gasteiger partial charge in [-0.1, -0.05) is 13.3 Å². The SMILES string of the molecule is CCCCN(C)C(=O)c1cncc(C(=O)Nc2ccc(N(CC)CC)cc2C)c1. The van der Waals surface area contributed by atoms with E-state index >= 15 is 0 Å². The zero-order valence-electron chi connectivity index (χ0n) is 18.2. The van der Waals surface area contributed by atoms with Crippen molar-refractivity contribution < 1.29 is 9.59 Å². The number of pyridine rings is 1. The fourth-order valence-electron chi connectivity index (χ4n) is 3.17. The predicted octanol–water partition coefficient (Wildman–Crippen LogP) is 4.36. The maximum Gasteiger partial charge on any atom is 0.257 e. The molecule has 29 heavy (non-hydrogen) atoms. The van der Waals surface area contributed by atoms with Crippen molar-refractivity contribution >= 4 is 23.2 Å². The van der Waals surface area contributed by atoms with E-state index in [0.29, 0.717) is 17.7 Å². The standard InChI is InChI=1S/C23H32N4O2/c1-6-9-12-26(5)23(29)19-14-18(15-24-16-19)22(28)25-21-11-10-20(13-17(21)4)27(7-2)8-3/h10-11,13-16H,6-9,12H2,1-5H3,(H,25,28). The molecule has 0 radical (unpaired) electrons. The van der Waals surface area contributed by atoms with E-state index in [2.05, 4.69) is 42.0 Å². The van der Waals surface area contributed by atoms with Crippen LogP contribution in [0, 0.1) is 6.92 Å². The van der Waals surface area contributed by atoms with Crippen molar-refractivity contribution in [2.24, 2.45) is 0 Å². The third-order valence-electron chi connectivity index (χ3n) is 5.03. The number of hydrogen-bond donors (Lipinski definition) is 1. The molecule has 2 rings (SSSR count). The summed E-state index contributed by atoms with van der Waals surface area (Å²) in [5.41, 5.74) is 3.66. The van der Waals surface area contributed by atoms with Crippen LogP contribution in [0.4, 0.5) is 11.4 Å². The van der Waals surface area contributed by atoms with Gasteiger partial charge in [0.15, 0.2) is 0 Å². The molecule has 0 atom stereocenters. The maximum absolute atomic E-state index is 12.7. The molecule has 0 spiro atoms. The van der Waals surface area contributed by atoms with Gasteiger partial charge in [-0.15, -0.1) is 0 Å². The summed E-state index contributed by atoms with van der Waals surface area (Å²) in [5, 5.41) is 2.94. The second-order valence-corrected chi connectivity index (χ2v) is 7.17. The number of benzene rings is 1. The molecule has 1 aromatic heterocycles. The second-order valence-electron chi connectivity index (χ2n) is 7.17. The topological polar surface area (TPSA) is 65.5 Å². The summed E-state index contributed by atoms with van der Waals surface area (Å²) >= 11 is 0. The van der Waals surface area contributed by atoms with Gasteiger partial charge >= 0.3 is 0 Å². The molecule has 0 aliphatic carbocycles. The van der Waals surface area contributed by atoms with Crippen LogP contribution in [0.25, 0.3) is 0 Å². The Morgan fingerprint density at radius 2 is 1.72 bits per heavy atom. The lowest BCUT2D eigenvalue weighted by Gasteiger charge is -2.22. The Hall–Kier alpha value is -2.89. The van der Waals surface area contributed by atoms with Crippen molar-refractivity contribution in [1.29, 1.82) is 0 Å². The van der Waals surface area contributed by atoms with Crippen LogP contribution in [-0.4, -0.2) is 48.4 Å². The number of rotatable bonds is 9. The predicted molar refractivity (Wildman–Crippen MR) is 119 cm³/mol. The summed E-state index contributed by atoms with van der Waals surface area (Å²) in [5.74, 6) is -0.401. The van der Waals surface area contributed by atoms with Crippen molar-refractivity contribution in [2.45, 2.75) is 40.5 Å². The van der Waals surface area contributed by atoms with Crippen LogP contribution in [0.5, 0.6) is 0 Å². The number of aryl methyl sites for hydroxylation is 1.